The lowest BCUT2D eigenvalue weighted by Gasteiger charge is -2.18. The van der Waals surface area contributed by atoms with Gasteiger partial charge in [-0.2, -0.15) is 0 Å². The maximum Gasteiger partial charge on any atom is 0.306 e. The quantitative estimate of drug-likeness (QED) is 0.0261. The van der Waals surface area contributed by atoms with Gasteiger partial charge in [-0.3, -0.25) is 14.4 Å². The molecule has 1 atom stereocenters. The van der Waals surface area contributed by atoms with Crippen molar-refractivity contribution in [1.82, 2.24) is 0 Å². The van der Waals surface area contributed by atoms with Crippen LogP contribution in [0.3, 0.4) is 0 Å². The Morgan fingerprint density at radius 1 is 0.259 bits per heavy atom. The van der Waals surface area contributed by atoms with E-state index in [1.165, 1.54) is 173 Å². The molecule has 6 nitrogen and oxygen atoms in total. The summed E-state index contributed by atoms with van der Waals surface area (Å²) in [5, 5.41) is 0. The number of rotatable bonds is 62. The number of ether oxygens (including phenoxy) is 3. The Morgan fingerprint density at radius 2 is 0.481 bits per heavy atom. The standard InChI is InChI=1S/C75H128O6/c1-4-7-10-13-16-19-22-25-27-28-29-30-31-32-33-34-35-36-37-38-39-40-41-42-43-44-45-46-48-50-53-56-59-62-65-68-74(77)80-71-72(70-79-73(76)67-64-61-58-55-52-49-24-21-18-15-12-9-6-3)81-75(78)69-66-63-60-57-54-51-47-26-23-20-17-14-11-8-5-2/h8-9,11-12,17-18,20-22,25-26,28-29,47,49,52,54,57,72H,4-7,10,13-16,19,23-24,27,30-46,48,50-51,53,55-56,58-71H2,1-3H3/b11-8-,12-9-,20-17-,21-18-,25-22-,29-28-,47-26-,52-49-,57-54-. The van der Waals surface area contributed by atoms with Gasteiger partial charge in [0.15, 0.2) is 6.10 Å². The van der Waals surface area contributed by atoms with Gasteiger partial charge in [0, 0.05) is 19.3 Å². The third-order valence-electron chi connectivity index (χ3n) is 14.7. The molecule has 81 heavy (non-hydrogen) atoms. The molecule has 0 aromatic carbocycles. The summed E-state index contributed by atoms with van der Waals surface area (Å²) >= 11 is 0. The Kier molecular flexibility index (Phi) is 65.2. The number of carbonyl (C=O) groups excluding carboxylic acids is 3. The SMILES string of the molecule is CC/C=C\C/C=C\C/C=C\C/C=C\CCCCC(=O)OC(COC(=O)CCCCC/C=C\C/C=C\C/C=C\CC)COC(=O)CCCCCCCCCCCCCCCCCCCCCCCCC/C=C\C/C=C\CCCCCCC. The first-order chi connectivity index (χ1) is 40.0. The number of allylic oxidation sites excluding steroid dienone is 18. The molecule has 0 aromatic heterocycles. The number of carbonyl (C=O) groups is 3. The fourth-order valence-electron chi connectivity index (χ4n) is 9.66. The smallest absolute Gasteiger partial charge is 0.306 e. The molecule has 0 aliphatic carbocycles. The normalized spacial score (nSPS) is 12.8. The average molecular weight is 1130 g/mol. The van der Waals surface area contributed by atoms with E-state index in [-0.39, 0.29) is 37.5 Å². The third kappa shape index (κ3) is 66.8. The van der Waals surface area contributed by atoms with Crippen LogP contribution < -0.4 is 0 Å². The first-order valence-electron chi connectivity index (χ1n) is 34.4. The summed E-state index contributed by atoms with van der Waals surface area (Å²) in [6, 6.07) is 0. The van der Waals surface area contributed by atoms with Crippen molar-refractivity contribution in [1.29, 1.82) is 0 Å². The number of hydrogen-bond acceptors (Lipinski definition) is 6. The number of hydrogen-bond donors (Lipinski definition) is 0. The Morgan fingerprint density at radius 3 is 0.790 bits per heavy atom. The molecule has 0 amide bonds. The predicted molar refractivity (Wildman–Crippen MR) is 353 cm³/mol. The van der Waals surface area contributed by atoms with Crippen LogP contribution in [0.15, 0.2) is 109 Å². The van der Waals surface area contributed by atoms with Crippen molar-refractivity contribution < 1.29 is 28.6 Å². The molecule has 0 saturated heterocycles. The van der Waals surface area contributed by atoms with E-state index in [2.05, 4.69) is 130 Å². The molecule has 0 heterocycles. The van der Waals surface area contributed by atoms with Crippen molar-refractivity contribution in [3.05, 3.63) is 109 Å². The highest BCUT2D eigenvalue weighted by Crippen LogP contribution is 2.17. The Bertz CT molecular complexity index is 1620. The lowest BCUT2D eigenvalue weighted by molar-refractivity contribution is -0.167. The van der Waals surface area contributed by atoms with Crippen molar-refractivity contribution in [2.45, 2.75) is 335 Å². The minimum absolute atomic E-state index is 0.103. The summed E-state index contributed by atoms with van der Waals surface area (Å²) in [7, 11) is 0. The maximum atomic E-state index is 12.9. The molecule has 6 heteroatoms. The van der Waals surface area contributed by atoms with Crippen molar-refractivity contribution in [2.75, 3.05) is 13.2 Å². The Labute approximate surface area is 501 Å². The number of unbranched alkanes of at least 4 members (excludes halogenated alkanes) is 33. The van der Waals surface area contributed by atoms with Gasteiger partial charge in [-0.1, -0.05) is 297 Å². The Balaban J connectivity index is 4.13. The van der Waals surface area contributed by atoms with Gasteiger partial charge >= 0.3 is 17.9 Å². The van der Waals surface area contributed by atoms with Crippen molar-refractivity contribution in [3.8, 4) is 0 Å². The van der Waals surface area contributed by atoms with E-state index in [1.54, 1.807) is 0 Å². The van der Waals surface area contributed by atoms with Gasteiger partial charge in [0.1, 0.15) is 13.2 Å². The average Bonchev–Trinajstić information content (AvgIpc) is 3.46. The van der Waals surface area contributed by atoms with Crippen molar-refractivity contribution >= 4 is 17.9 Å². The van der Waals surface area contributed by atoms with Crippen molar-refractivity contribution in [3.63, 3.8) is 0 Å². The van der Waals surface area contributed by atoms with E-state index in [1.807, 2.05) is 0 Å². The molecule has 0 fully saturated rings. The van der Waals surface area contributed by atoms with Gasteiger partial charge < -0.3 is 14.2 Å². The number of esters is 3. The van der Waals surface area contributed by atoms with E-state index in [9.17, 15) is 14.4 Å². The Hall–Kier alpha value is -3.93. The summed E-state index contributed by atoms with van der Waals surface area (Å²) in [6.07, 6.45) is 94.4. The predicted octanol–water partition coefficient (Wildman–Crippen LogP) is 23.8. The fraction of sp³-hybridized carbons (Fsp3) is 0.720. The lowest BCUT2D eigenvalue weighted by Crippen LogP contribution is -2.30. The van der Waals surface area contributed by atoms with Crippen LogP contribution in [0.1, 0.15) is 329 Å². The fourth-order valence-corrected chi connectivity index (χ4v) is 9.66. The zero-order valence-corrected chi connectivity index (χ0v) is 53.3. The monoisotopic (exact) mass is 1120 g/mol. The van der Waals surface area contributed by atoms with Crippen LogP contribution in [-0.4, -0.2) is 37.2 Å². The zero-order chi connectivity index (χ0) is 58.5. The molecule has 1 unspecified atom stereocenters. The molecule has 0 saturated carbocycles. The van der Waals surface area contributed by atoms with E-state index >= 15 is 0 Å². The summed E-state index contributed by atoms with van der Waals surface area (Å²) in [5.74, 6) is -0.968. The van der Waals surface area contributed by atoms with Gasteiger partial charge in [0.05, 0.1) is 0 Å². The summed E-state index contributed by atoms with van der Waals surface area (Å²) in [4.78, 5) is 38.2. The summed E-state index contributed by atoms with van der Waals surface area (Å²) < 4.78 is 16.8. The topological polar surface area (TPSA) is 78.9 Å². The second-order valence-corrected chi connectivity index (χ2v) is 22.7. The van der Waals surface area contributed by atoms with Crippen LogP contribution in [0, 0.1) is 0 Å². The van der Waals surface area contributed by atoms with Crippen LogP contribution >= 0.6 is 0 Å². The van der Waals surface area contributed by atoms with Gasteiger partial charge in [0.25, 0.3) is 0 Å². The molecule has 0 spiro atoms. The first kappa shape index (κ1) is 77.1. The zero-order valence-electron chi connectivity index (χ0n) is 53.3. The maximum absolute atomic E-state index is 12.9. The van der Waals surface area contributed by atoms with Gasteiger partial charge in [-0.15, -0.1) is 0 Å². The molecule has 0 bridgehead atoms. The minimum atomic E-state index is -0.813. The summed E-state index contributed by atoms with van der Waals surface area (Å²) in [6.45, 7) is 6.36. The van der Waals surface area contributed by atoms with E-state index in [0.717, 1.165) is 109 Å². The van der Waals surface area contributed by atoms with Gasteiger partial charge in [-0.25, -0.2) is 0 Å². The largest absolute Gasteiger partial charge is 0.462 e. The van der Waals surface area contributed by atoms with Crippen LogP contribution in [-0.2, 0) is 28.6 Å². The molecule has 0 aromatic rings. The molecule has 0 rings (SSSR count). The minimum Gasteiger partial charge on any atom is -0.462 e. The van der Waals surface area contributed by atoms with E-state index < -0.39 is 6.10 Å². The molecule has 0 N–H and O–H groups in total. The van der Waals surface area contributed by atoms with Crippen LogP contribution in [0.5, 0.6) is 0 Å². The van der Waals surface area contributed by atoms with Crippen LogP contribution in [0.25, 0.3) is 0 Å². The van der Waals surface area contributed by atoms with Gasteiger partial charge in [-0.05, 0) is 122 Å². The molecule has 0 aliphatic heterocycles. The molecular weight excluding hydrogens is 997 g/mol. The highest BCUT2D eigenvalue weighted by molar-refractivity contribution is 5.71. The van der Waals surface area contributed by atoms with E-state index in [4.69, 9.17) is 14.2 Å². The summed E-state index contributed by atoms with van der Waals surface area (Å²) in [5.41, 5.74) is 0. The highest BCUT2D eigenvalue weighted by atomic mass is 16.6. The molecule has 0 aliphatic rings. The molecule has 464 valence electrons. The van der Waals surface area contributed by atoms with E-state index in [0.29, 0.717) is 19.3 Å². The molecule has 0 radical (unpaired) electrons. The third-order valence-corrected chi connectivity index (χ3v) is 14.7. The lowest BCUT2D eigenvalue weighted by atomic mass is 10.0. The van der Waals surface area contributed by atoms with Crippen LogP contribution in [0.2, 0.25) is 0 Å². The van der Waals surface area contributed by atoms with Gasteiger partial charge in [0.2, 0.25) is 0 Å². The van der Waals surface area contributed by atoms with Crippen molar-refractivity contribution in [2.24, 2.45) is 0 Å². The van der Waals surface area contributed by atoms with Crippen LogP contribution in [0.4, 0.5) is 0 Å². The highest BCUT2D eigenvalue weighted by Gasteiger charge is 2.19. The second kappa shape index (κ2) is 68.6. The molecular formula is C75H128O6. The first-order valence-corrected chi connectivity index (χ1v) is 34.4. The second-order valence-electron chi connectivity index (χ2n) is 22.7.